The van der Waals surface area contributed by atoms with Gasteiger partial charge in [-0.2, -0.15) is 0 Å². The lowest BCUT2D eigenvalue weighted by molar-refractivity contribution is 0.163. The van der Waals surface area contributed by atoms with Crippen LogP contribution in [-0.2, 0) is 0 Å². The van der Waals surface area contributed by atoms with E-state index in [0.717, 1.165) is 6.07 Å². The number of carbonyl (C=O) groups is 1. The predicted molar refractivity (Wildman–Crippen MR) is 154 cm³/mol. The third-order valence-corrected chi connectivity index (χ3v) is 7.82. The van der Waals surface area contributed by atoms with E-state index in [4.69, 9.17) is 4.74 Å². The van der Waals surface area contributed by atoms with Crippen molar-refractivity contribution >= 4 is 17.5 Å². The standard InChI is InChI=1S/C31H29F2N5O5/c32-20-3-6-22(7-4-20)38-11-1-2-25(30(38)41)29(40)35-21-5-8-27(26(33)14-21)43-24-9-10-34-28(15-24)36-31(42)37-16-18-12-23(39)13-19(18)17-37/h1-11,14-15,18-19,23,29,35,39-40H,12-13,16-17H2,(H,34,36,42)/t18-,19?,23?,29?/m0/s1. The molecule has 2 aromatic carbocycles. The van der Waals surface area contributed by atoms with Crippen molar-refractivity contribution in [1.29, 1.82) is 0 Å². The highest BCUT2D eigenvalue weighted by Gasteiger charge is 2.41. The fourth-order valence-electron chi connectivity index (χ4n) is 5.73. The summed E-state index contributed by atoms with van der Waals surface area (Å²) in [6.45, 7) is 1.16. The van der Waals surface area contributed by atoms with E-state index in [1.165, 1.54) is 71.6 Å². The van der Waals surface area contributed by atoms with Crippen LogP contribution in [0.25, 0.3) is 5.69 Å². The van der Waals surface area contributed by atoms with Gasteiger partial charge >= 0.3 is 6.03 Å². The number of rotatable bonds is 7. The van der Waals surface area contributed by atoms with Crippen molar-refractivity contribution in [3.05, 3.63) is 107 Å². The van der Waals surface area contributed by atoms with Gasteiger partial charge in [-0.25, -0.2) is 18.6 Å². The summed E-state index contributed by atoms with van der Waals surface area (Å²) in [6.07, 6.45) is 2.59. The van der Waals surface area contributed by atoms with Crippen molar-refractivity contribution in [3.8, 4) is 17.2 Å². The van der Waals surface area contributed by atoms with Crippen LogP contribution in [0.1, 0.15) is 24.6 Å². The van der Waals surface area contributed by atoms with Gasteiger partial charge in [-0.1, -0.05) is 0 Å². The molecule has 10 nitrogen and oxygen atoms in total. The smallest absolute Gasteiger partial charge is 0.323 e. The van der Waals surface area contributed by atoms with Crippen LogP contribution < -0.4 is 20.9 Å². The molecule has 0 radical (unpaired) electrons. The molecule has 2 aliphatic rings. The molecule has 2 amide bonds. The van der Waals surface area contributed by atoms with Crippen LogP contribution in [0, 0.1) is 23.5 Å². The van der Waals surface area contributed by atoms with E-state index in [-0.39, 0.29) is 40.7 Å². The first-order valence-electron chi connectivity index (χ1n) is 13.8. The number of hydrogen-bond donors (Lipinski definition) is 4. The molecular weight excluding hydrogens is 560 g/mol. The maximum Gasteiger partial charge on any atom is 0.323 e. The number of aliphatic hydroxyl groups is 2. The van der Waals surface area contributed by atoms with Gasteiger partial charge in [0, 0.05) is 49.0 Å². The summed E-state index contributed by atoms with van der Waals surface area (Å²) in [5, 5.41) is 26.0. The summed E-state index contributed by atoms with van der Waals surface area (Å²) in [4.78, 5) is 31.6. The summed E-state index contributed by atoms with van der Waals surface area (Å²) in [5.41, 5.74) is 0.0978. The van der Waals surface area contributed by atoms with Crippen molar-refractivity contribution in [2.45, 2.75) is 25.2 Å². The van der Waals surface area contributed by atoms with Gasteiger partial charge in [0.25, 0.3) is 5.56 Å². The molecule has 1 aliphatic carbocycles. The number of hydrogen-bond acceptors (Lipinski definition) is 7. The monoisotopic (exact) mass is 589 g/mol. The highest BCUT2D eigenvalue weighted by Crippen LogP contribution is 2.38. The van der Waals surface area contributed by atoms with Crippen molar-refractivity contribution in [3.63, 3.8) is 0 Å². The fourth-order valence-corrected chi connectivity index (χ4v) is 5.73. The zero-order valence-corrected chi connectivity index (χ0v) is 22.9. The number of benzene rings is 2. The molecule has 0 bridgehead atoms. The Morgan fingerprint density at radius 1 is 1.02 bits per heavy atom. The molecule has 3 heterocycles. The van der Waals surface area contributed by atoms with E-state index in [1.807, 2.05) is 0 Å². The molecule has 4 atom stereocenters. The predicted octanol–water partition coefficient (Wildman–Crippen LogP) is 4.64. The number of carbonyl (C=O) groups excluding carboxylic acids is 1. The molecule has 4 aromatic rings. The molecule has 2 fully saturated rings. The maximum atomic E-state index is 15.0. The molecule has 12 heteroatoms. The van der Waals surface area contributed by atoms with Gasteiger partial charge in [0.15, 0.2) is 17.8 Å². The number of nitrogens with one attached hydrogen (secondary N) is 2. The number of fused-ring (bicyclic) bond motifs is 1. The average Bonchev–Trinajstić information content (AvgIpc) is 3.53. The molecule has 43 heavy (non-hydrogen) atoms. The Hall–Kier alpha value is -4.81. The van der Waals surface area contributed by atoms with Crippen LogP contribution in [-0.4, -0.2) is 49.9 Å². The topological polar surface area (TPSA) is 129 Å². The van der Waals surface area contributed by atoms with E-state index >= 15 is 0 Å². The number of pyridine rings is 2. The molecule has 3 unspecified atom stereocenters. The Labute approximate surface area is 245 Å². The lowest BCUT2D eigenvalue weighted by Crippen LogP contribution is -2.34. The summed E-state index contributed by atoms with van der Waals surface area (Å²) in [5.74, 6) is -0.180. The minimum atomic E-state index is -1.46. The van der Waals surface area contributed by atoms with Crippen LogP contribution in [0.15, 0.2) is 83.9 Å². The minimum Gasteiger partial charge on any atom is -0.454 e. The zero-order valence-electron chi connectivity index (χ0n) is 22.9. The second kappa shape index (κ2) is 11.8. The van der Waals surface area contributed by atoms with Crippen LogP contribution in [0.5, 0.6) is 11.5 Å². The Balaban J connectivity index is 1.09. The molecule has 0 spiro atoms. The highest BCUT2D eigenvalue weighted by molar-refractivity contribution is 5.88. The third-order valence-electron chi connectivity index (χ3n) is 7.82. The highest BCUT2D eigenvalue weighted by atomic mass is 19.1. The second-order valence-electron chi connectivity index (χ2n) is 10.8. The number of anilines is 2. The number of nitrogens with zero attached hydrogens (tertiary/aromatic N) is 3. The van der Waals surface area contributed by atoms with Crippen molar-refractivity contribution in [2.24, 2.45) is 11.8 Å². The van der Waals surface area contributed by atoms with E-state index in [9.17, 15) is 28.6 Å². The SMILES string of the molecule is O=C(Nc1cc(Oc2ccc(NC(O)c3cccn(-c4ccc(F)cc4)c3=O)cc2F)ccn1)N1CC2CC(O)C[C@H]2C1. The molecule has 222 valence electrons. The number of amides is 2. The number of likely N-dealkylation sites (tertiary alicyclic amines) is 1. The summed E-state index contributed by atoms with van der Waals surface area (Å²) >= 11 is 0. The Morgan fingerprint density at radius 2 is 1.77 bits per heavy atom. The molecule has 2 aromatic heterocycles. The van der Waals surface area contributed by atoms with E-state index in [1.54, 1.807) is 11.0 Å². The van der Waals surface area contributed by atoms with Gasteiger partial charge in [0.2, 0.25) is 0 Å². The summed E-state index contributed by atoms with van der Waals surface area (Å²) in [7, 11) is 0. The van der Waals surface area contributed by atoms with Gasteiger partial charge in [-0.05, 0) is 79.3 Å². The van der Waals surface area contributed by atoms with E-state index in [2.05, 4.69) is 15.6 Å². The quantitative estimate of drug-likeness (QED) is 0.231. The van der Waals surface area contributed by atoms with Gasteiger partial charge in [-0.15, -0.1) is 0 Å². The minimum absolute atomic E-state index is 0.00801. The van der Waals surface area contributed by atoms with E-state index in [0.29, 0.717) is 43.5 Å². The Kier molecular flexibility index (Phi) is 7.78. The Morgan fingerprint density at radius 3 is 2.49 bits per heavy atom. The molecule has 6 rings (SSSR count). The number of urea groups is 1. The maximum absolute atomic E-state index is 15.0. The van der Waals surface area contributed by atoms with Crippen molar-refractivity contribution in [2.75, 3.05) is 23.7 Å². The van der Waals surface area contributed by atoms with Crippen molar-refractivity contribution < 1.29 is 28.5 Å². The first-order chi connectivity index (χ1) is 20.7. The number of ether oxygens (including phenoxy) is 1. The fraction of sp³-hybridized carbons (Fsp3) is 0.258. The zero-order chi connectivity index (χ0) is 30.1. The van der Waals surface area contributed by atoms with Crippen LogP contribution in [0.2, 0.25) is 0 Å². The van der Waals surface area contributed by atoms with Crippen LogP contribution >= 0.6 is 0 Å². The van der Waals surface area contributed by atoms with Crippen molar-refractivity contribution in [1.82, 2.24) is 14.5 Å². The third kappa shape index (κ3) is 6.20. The second-order valence-corrected chi connectivity index (χ2v) is 10.8. The van der Waals surface area contributed by atoms with Crippen LogP contribution in [0.4, 0.5) is 25.1 Å². The molecule has 4 N–H and O–H groups in total. The van der Waals surface area contributed by atoms with Gasteiger partial charge in [-0.3, -0.25) is 14.7 Å². The molecule has 1 saturated carbocycles. The lowest BCUT2D eigenvalue weighted by Gasteiger charge is -2.18. The molecule has 1 aliphatic heterocycles. The van der Waals surface area contributed by atoms with Crippen LogP contribution in [0.3, 0.4) is 0 Å². The normalized spacial score (nSPS) is 20.0. The van der Waals surface area contributed by atoms with Gasteiger partial charge in [0.05, 0.1) is 11.7 Å². The van der Waals surface area contributed by atoms with Gasteiger partial charge < -0.3 is 25.2 Å². The Bertz CT molecular complexity index is 1680. The number of aromatic nitrogens is 2. The average molecular weight is 590 g/mol. The number of halogens is 2. The first kappa shape index (κ1) is 28.3. The van der Waals surface area contributed by atoms with E-state index < -0.39 is 23.4 Å². The molecule has 1 saturated heterocycles. The lowest BCUT2D eigenvalue weighted by atomic mass is 10.0. The largest absolute Gasteiger partial charge is 0.454 e. The summed E-state index contributed by atoms with van der Waals surface area (Å²) in [6, 6.07) is 15.0. The van der Waals surface area contributed by atoms with Gasteiger partial charge in [0.1, 0.15) is 17.4 Å². The summed E-state index contributed by atoms with van der Waals surface area (Å²) < 4.78 is 35.2. The number of aliphatic hydroxyl groups excluding tert-OH is 2. The molecular formula is C31H29F2N5O5. The first-order valence-corrected chi connectivity index (χ1v) is 13.8.